The molecule has 1 N–H and O–H groups in total. The third-order valence-electron chi connectivity index (χ3n) is 5.48. The molecule has 1 aliphatic heterocycles. The highest BCUT2D eigenvalue weighted by atomic mass is 16.2. The molecule has 1 aliphatic rings. The Kier molecular flexibility index (Phi) is 5.30. The predicted octanol–water partition coefficient (Wildman–Crippen LogP) is 2.21. The minimum Gasteiger partial charge on any atom is -0.369 e. The van der Waals surface area contributed by atoms with Gasteiger partial charge in [0.15, 0.2) is 0 Å². The van der Waals surface area contributed by atoms with Gasteiger partial charge in [0, 0.05) is 38.4 Å². The van der Waals surface area contributed by atoms with Crippen molar-refractivity contribution in [3.05, 3.63) is 74.9 Å². The molecule has 0 unspecified atom stereocenters. The summed E-state index contributed by atoms with van der Waals surface area (Å²) >= 11 is 0. The largest absolute Gasteiger partial charge is 0.369 e. The number of H-pyrrole nitrogens is 1. The molecule has 28 heavy (non-hydrogen) atoms. The van der Waals surface area contributed by atoms with Gasteiger partial charge in [-0.05, 0) is 49.7 Å². The summed E-state index contributed by atoms with van der Waals surface area (Å²) in [6.45, 7) is 7.45. The first kappa shape index (κ1) is 18.5. The Bertz CT molecular complexity index is 1080. The van der Waals surface area contributed by atoms with Crippen LogP contribution in [0.5, 0.6) is 0 Å². The Morgan fingerprint density at radius 3 is 2.50 bits per heavy atom. The maximum Gasteiger partial charge on any atom is 0.328 e. The van der Waals surface area contributed by atoms with Crippen molar-refractivity contribution in [2.45, 2.75) is 19.9 Å². The Labute approximate surface area is 164 Å². The van der Waals surface area contributed by atoms with Crippen LogP contribution in [0.3, 0.4) is 0 Å². The molecule has 0 spiro atoms. The number of anilines is 1. The molecule has 0 aliphatic carbocycles. The van der Waals surface area contributed by atoms with E-state index in [1.165, 1.54) is 15.8 Å². The number of aromatic amines is 1. The third kappa shape index (κ3) is 3.87. The quantitative estimate of drug-likeness (QED) is 0.740. The molecule has 2 aromatic carbocycles. The van der Waals surface area contributed by atoms with Crippen LogP contribution in [0.2, 0.25) is 0 Å². The lowest BCUT2D eigenvalue weighted by Gasteiger charge is -2.36. The topological polar surface area (TPSA) is 61.3 Å². The lowest BCUT2D eigenvalue weighted by molar-refractivity contribution is 0.249. The molecule has 1 aromatic heterocycles. The Hall–Kier alpha value is -2.86. The van der Waals surface area contributed by atoms with Gasteiger partial charge >= 0.3 is 5.69 Å². The monoisotopic (exact) mass is 378 g/mol. The van der Waals surface area contributed by atoms with Gasteiger partial charge in [-0.1, -0.05) is 24.3 Å². The van der Waals surface area contributed by atoms with Crippen LogP contribution in [0, 0.1) is 6.92 Å². The fourth-order valence-corrected chi connectivity index (χ4v) is 3.91. The maximum absolute atomic E-state index is 12.6. The van der Waals surface area contributed by atoms with Crippen LogP contribution in [0.1, 0.15) is 12.0 Å². The molecule has 0 amide bonds. The van der Waals surface area contributed by atoms with Gasteiger partial charge in [-0.2, -0.15) is 0 Å². The molecule has 6 heteroatoms. The van der Waals surface area contributed by atoms with Crippen LogP contribution in [-0.2, 0) is 6.54 Å². The molecule has 2 heterocycles. The minimum atomic E-state index is -0.326. The van der Waals surface area contributed by atoms with Crippen LogP contribution in [0.4, 0.5) is 5.69 Å². The first-order valence-electron chi connectivity index (χ1n) is 9.88. The van der Waals surface area contributed by atoms with Crippen LogP contribution in [0.15, 0.2) is 58.1 Å². The van der Waals surface area contributed by atoms with Crippen molar-refractivity contribution in [2.24, 2.45) is 0 Å². The van der Waals surface area contributed by atoms with E-state index in [0.29, 0.717) is 17.4 Å². The highest BCUT2D eigenvalue weighted by Crippen LogP contribution is 2.17. The van der Waals surface area contributed by atoms with E-state index in [1.807, 2.05) is 12.1 Å². The van der Waals surface area contributed by atoms with E-state index in [2.05, 4.69) is 46.0 Å². The number of nitrogens with zero attached hydrogens (tertiary/aromatic N) is 3. The predicted molar refractivity (Wildman–Crippen MR) is 113 cm³/mol. The van der Waals surface area contributed by atoms with Gasteiger partial charge in [-0.3, -0.25) is 14.3 Å². The highest BCUT2D eigenvalue weighted by Gasteiger charge is 2.17. The van der Waals surface area contributed by atoms with E-state index >= 15 is 0 Å². The average Bonchev–Trinajstić information content (AvgIpc) is 2.71. The molecule has 4 rings (SSSR count). The van der Waals surface area contributed by atoms with Gasteiger partial charge in [0.2, 0.25) is 0 Å². The first-order chi connectivity index (χ1) is 13.6. The van der Waals surface area contributed by atoms with Crippen molar-refractivity contribution in [1.82, 2.24) is 14.5 Å². The van der Waals surface area contributed by atoms with Crippen molar-refractivity contribution in [3.63, 3.8) is 0 Å². The third-order valence-corrected chi connectivity index (χ3v) is 5.48. The van der Waals surface area contributed by atoms with Crippen molar-refractivity contribution in [3.8, 4) is 0 Å². The Balaban J connectivity index is 1.34. The molecule has 146 valence electrons. The number of nitrogens with one attached hydrogen (secondary N) is 1. The zero-order valence-corrected chi connectivity index (χ0v) is 16.2. The zero-order chi connectivity index (χ0) is 19.5. The van der Waals surface area contributed by atoms with Crippen LogP contribution < -0.4 is 16.1 Å². The number of hydrogen-bond acceptors (Lipinski definition) is 4. The summed E-state index contributed by atoms with van der Waals surface area (Å²) in [7, 11) is 0. The fourth-order valence-electron chi connectivity index (χ4n) is 3.91. The smallest absolute Gasteiger partial charge is 0.328 e. The van der Waals surface area contributed by atoms with Crippen molar-refractivity contribution >= 4 is 16.6 Å². The highest BCUT2D eigenvalue weighted by molar-refractivity contribution is 5.76. The van der Waals surface area contributed by atoms with E-state index in [-0.39, 0.29) is 11.2 Å². The van der Waals surface area contributed by atoms with Crippen LogP contribution >= 0.6 is 0 Å². The molecule has 1 fully saturated rings. The molecule has 1 saturated heterocycles. The fraction of sp³-hybridized carbons (Fsp3) is 0.364. The van der Waals surface area contributed by atoms with Gasteiger partial charge < -0.3 is 9.88 Å². The number of aromatic nitrogens is 2. The Morgan fingerprint density at radius 1 is 0.929 bits per heavy atom. The minimum absolute atomic E-state index is 0.205. The van der Waals surface area contributed by atoms with Crippen LogP contribution in [-0.4, -0.2) is 47.2 Å². The number of fused-ring (bicyclic) bond motifs is 1. The number of para-hydroxylation sites is 1. The van der Waals surface area contributed by atoms with Gasteiger partial charge in [0.1, 0.15) is 0 Å². The summed E-state index contributed by atoms with van der Waals surface area (Å²) in [6.07, 6.45) is 0.784. The Morgan fingerprint density at radius 2 is 1.71 bits per heavy atom. The molecule has 6 nitrogen and oxygen atoms in total. The number of hydrogen-bond donors (Lipinski definition) is 1. The van der Waals surface area contributed by atoms with E-state index in [1.54, 1.807) is 12.1 Å². The zero-order valence-electron chi connectivity index (χ0n) is 16.2. The van der Waals surface area contributed by atoms with Gasteiger partial charge in [0.05, 0.1) is 10.9 Å². The van der Waals surface area contributed by atoms with Gasteiger partial charge in [-0.15, -0.1) is 0 Å². The lowest BCUT2D eigenvalue weighted by atomic mass is 10.2. The van der Waals surface area contributed by atoms with E-state index in [9.17, 15) is 9.59 Å². The van der Waals surface area contributed by atoms with E-state index in [4.69, 9.17) is 0 Å². The van der Waals surface area contributed by atoms with Crippen molar-refractivity contribution in [1.29, 1.82) is 0 Å². The summed E-state index contributed by atoms with van der Waals surface area (Å²) in [5.41, 5.74) is 2.64. The molecule has 0 radical (unpaired) electrons. The number of rotatable bonds is 5. The second kappa shape index (κ2) is 8.02. The maximum atomic E-state index is 12.6. The molecule has 0 bridgehead atoms. The normalized spacial score (nSPS) is 15.2. The SMILES string of the molecule is Cc1cccc(N2CCN(CCCn3c(=O)[nH]c4ccccc4c3=O)CC2)c1. The average molecular weight is 378 g/mol. The van der Waals surface area contributed by atoms with Crippen molar-refractivity contribution < 1.29 is 0 Å². The first-order valence-corrected chi connectivity index (χ1v) is 9.88. The lowest BCUT2D eigenvalue weighted by Crippen LogP contribution is -2.47. The summed E-state index contributed by atoms with van der Waals surface area (Å²) in [6, 6.07) is 15.8. The molecule has 0 saturated carbocycles. The number of aryl methyl sites for hydroxylation is 1. The number of piperazine rings is 1. The molecular weight excluding hydrogens is 352 g/mol. The summed E-state index contributed by atoms with van der Waals surface area (Å²) < 4.78 is 1.32. The standard InChI is InChI=1S/C22H26N4O2/c1-17-6-4-7-18(16-17)25-14-12-24(13-15-25)10-5-11-26-21(27)19-8-2-3-9-20(19)23-22(26)28/h2-4,6-9,16H,5,10-15H2,1H3,(H,23,28). The summed E-state index contributed by atoms with van der Waals surface area (Å²) in [5.74, 6) is 0. The summed E-state index contributed by atoms with van der Waals surface area (Å²) in [4.78, 5) is 32.5. The second-order valence-electron chi connectivity index (χ2n) is 7.45. The summed E-state index contributed by atoms with van der Waals surface area (Å²) in [5, 5.41) is 0.564. The van der Waals surface area contributed by atoms with E-state index < -0.39 is 0 Å². The molecule has 3 aromatic rings. The van der Waals surface area contributed by atoms with Crippen molar-refractivity contribution in [2.75, 3.05) is 37.6 Å². The van der Waals surface area contributed by atoms with E-state index in [0.717, 1.165) is 39.1 Å². The van der Waals surface area contributed by atoms with Crippen LogP contribution in [0.25, 0.3) is 10.9 Å². The molecular formula is C22H26N4O2. The second-order valence-corrected chi connectivity index (χ2v) is 7.45. The molecule has 0 atom stereocenters. The number of benzene rings is 2. The van der Waals surface area contributed by atoms with Gasteiger partial charge in [-0.25, -0.2) is 4.79 Å². The van der Waals surface area contributed by atoms with Gasteiger partial charge in [0.25, 0.3) is 5.56 Å².